The summed E-state index contributed by atoms with van der Waals surface area (Å²) in [6.07, 6.45) is 2.25. The van der Waals surface area contributed by atoms with E-state index in [-0.39, 0.29) is 16.7 Å². The van der Waals surface area contributed by atoms with Crippen molar-refractivity contribution in [2.45, 2.75) is 22.3 Å². The van der Waals surface area contributed by atoms with Gasteiger partial charge in [0.25, 0.3) is 25.9 Å². The molecule has 2 aliphatic rings. The van der Waals surface area contributed by atoms with Crippen LogP contribution in [0.25, 0.3) is 0 Å². The molecule has 1 atom stereocenters. The number of nitrogens with zero attached hydrogens (tertiary/aromatic N) is 3. The Labute approximate surface area is 209 Å². The van der Waals surface area contributed by atoms with E-state index < -0.39 is 20.2 Å². The molecule has 2 aliphatic heterocycles. The van der Waals surface area contributed by atoms with Crippen LogP contribution in [0.5, 0.6) is 0 Å². The number of hydrogen-bond acceptors (Lipinski definition) is 9. The van der Waals surface area contributed by atoms with Crippen LogP contribution in [0.2, 0.25) is 0 Å². The van der Waals surface area contributed by atoms with Gasteiger partial charge in [-0.1, -0.05) is 30.0 Å². The highest BCUT2D eigenvalue weighted by Crippen LogP contribution is 2.43. The van der Waals surface area contributed by atoms with E-state index in [9.17, 15) is 26.9 Å². The summed E-state index contributed by atoms with van der Waals surface area (Å²) in [6.45, 7) is 4.19. The molecule has 2 heterocycles. The predicted molar refractivity (Wildman–Crippen MR) is 134 cm³/mol. The van der Waals surface area contributed by atoms with Gasteiger partial charge >= 0.3 is 0 Å². The maximum absolute atomic E-state index is 11.2. The summed E-state index contributed by atoms with van der Waals surface area (Å²) in [5, 5.41) is 11.2. The molecule has 0 spiro atoms. The predicted octanol–water partition coefficient (Wildman–Crippen LogP) is 2.60. The molecule has 1 fully saturated rings. The van der Waals surface area contributed by atoms with E-state index in [4.69, 9.17) is 9.11 Å². The van der Waals surface area contributed by atoms with Crippen LogP contribution in [-0.2, 0) is 26.7 Å². The molecule has 0 bridgehead atoms. The van der Waals surface area contributed by atoms with E-state index in [1.165, 1.54) is 10.5 Å². The Morgan fingerprint density at radius 1 is 0.943 bits per heavy atom. The van der Waals surface area contributed by atoms with Crippen LogP contribution in [0, 0.1) is 10.1 Å². The number of rotatable bonds is 2. The lowest BCUT2D eigenvalue weighted by Gasteiger charge is -2.38. The lowest BCUT2D eigenvalue weighted by Crippen LogP contribution is -2.46. The average molecular weight is 548 g/mol. The van der Waals surface area contributed by atoms with Crippen LogP contribution in [0.4, 0.5) is 5.69 Å². The number of nitro groups is 1. The highest BCUT2D eigenvalue weighted by molar-refractivity contribution is 7.99. The smallest absolute Gasteiger partial charge is 0.269 e. The summed E-state index contributed by atoms with van der Waals surface area (Å²) >= 11 is 1.73. The molecule has 4 rings (SSSR count). The zero-order valence-electron chi connectivity index (χ0n) is 19.6. The minimum atomic E-state index is -3.67. The zero-order valence-corrected chi connectivity index (χ0v) is 22.0. The Morgan fingerprint density at radius 3 is 2.03 bits per heavy atom. The number of benzene rings is 2. The van der Waals surface area contributed by atoms with Crippen molar-refractivity contribution in [3.8, 4) is 0 Å². The van der Waals surface area contributed by atoms with E-state index >= 15 is 0 Å². The molecular weight excluding hydrogens is 518 g/mol. The van der Waals surface area contributed by atoms with Gasteiger partial charge in [0.15, 0.2) is 0 Å². The first-order valence-corrected chi connectivity index (χ1v) is 14.9. The standard InChI is InChI=1S/C19H21N3O2S.2CH4O3S/c1-20-8-10-21(11-9-20)17-13-14-12-15(22(23)24)6-7-18(14)25-19-5-3-2-4-16(17)19;2*1-5(2,3)4/h2-7,12,17H,8-11,13H2,1H3;2*1H3,(H,2,3,4). The molecule has 11 nitrogen and oxygen atoms in total. The van der Waals surface area contributed by atoms with Gasteiger partial charge in [-0.25, -0.2) is 0 Å². The van der Waals surface area contributed by atoms with E-state index in [0.717, 1.165) is 43.1 Å². The maximum atomic E-state index is 11.2. The Kier molecular flexibility index (Phi) is 10.2. The molecule has 1 saturated heterocycles. The van der Waals surface area contributed by atoms with E-state index in [1.54, 1.807) is 23.9 Å². The van der Waals surface area contributed by atoms with Gasteiger partial charge in [-0.05, 0) is 36.7 Å². The molecule has 0 aromatic heterocycles. The fourth-order valence-corrected chi connectivity index (χ4v) is 4.80. The van der Waals surface area contributed by atoms with Crippen LogP contribution in [-0.4, -0.2) is 86.4 Å². The largest absolute Gasteiger partial charge is 0.304 e. The first kappa shape index (κ1) is 29.2. The van der Waals surface area contributed by atoms with Gasteiger partial charge in [0, 0.05) is 54.1 Å². The fourth-order valence-electron chi connectivity index (χ4n) is 3.68. The molecule has 0 aliphatic carbocycles. The third kappa shape index (κ3) is 10.6. The molecule has 14 heteroatoms. The molecule has 2 aromatic rings. The van der Waals surface area contributed by atoms with Crippen LogP contribution in [0.3, 0.4) is 0 Å². The maximum Gasteiger partial charge on any atom is 0.269 e. The third-order valence-electron chi connectivity index (χ3n) is 5.14. The van der Waals surface area contributed by atoms with Gasteiger partial charge in [-0.15, -0.1) is 0 Å². The summed E-state index contributed by atoms with van der Waals surface area (Å²) in [5.74, 6) is 0. The Balaban J connectivity index is 0.000000368. The third-order valence-corrected chi connectivity index (χ3v) is 6.35. The minimum absolute atomic E-state index is 0.183. The normalized spacial score (nSPS) is 18.5. The number of hydrogen-bond donors (Lipinski definition) is 2. The van der Waals surface area contributed by atoms with Crippen molar-refractivity contribution >= 4 is 37.7 Å². The second kappa shape index (κ2) is 12.3. The summed E-state index contributed by atoms with van der Waals surface area (Å²) in [6, 6.07) is 14.1. The topological polar surface area (TPSA) is 158 Å². The fraction of sp³-hybridized carbons (Fsp3) is 0.429. The SMILES string of the molecule is CN1CCN(C2Cc3cc([N+](=O)[O-])ccc3Sc3ccccc32)CC1.CS(=O)(=O)O.CS(=O)(=O)O. The van der Waals surface area contributed by atoms with E-state index in [2.05, 4.69) is 41.1 Å². The number of fused-ring (bicyclic) bond motifs is 2. The van der Waals surface area contributed by atoms with Gasteiger partial charge in [0.2, 0.25) is 0 Å². The number of non-ortho nitro benzene ring substituents is 1. The van der Waals surface area contributed by atoms with Gasteiger partial charge in [0.1, 0.15) is 0 Å². The molecule has 0 saturated carbocycles. The average Bonchev–Trinajstić information content (AvgIpc) is 2.88. The number of likely N-dealkylation sites (N-methyl/N-ethyl adjacent to an activating group) is 1. The number of piperazine rings is 1. The summed E-state index contributed by atoms with van der Waals surface area (Å²) in [7, 11) is -5.17. The Hall–Kier alpha value is -2.07. The highest BCUT2D eigenvalue weighted by Gasteiger charge is 2.29. The second-order valence-corrected chi connectivity index (χ2v) is 12.2. The molecule has 194 valence electrons. The zero-order chi connectivity index (χ0) is 26.4. The second-order valence-electron chi connectivity index (χ2n) is 8.21. The van der Waals surface area contributed by atoms with Crippen molar-refractivity contribution in [2.75, 3.05) is 45.7 Å². The first-order valence-electron chi connectivity index (χ1n) is 10.4. The lowest BCUT2D eigenvalue weighted by atomic mass is 9.96. The van der Waals surface area contributed by atoms with Crippen molar-refractivity contribution in [2.24, 2.45) is 0 Å². The lowest BCUT2D eigenvalue weighted by molar-refractivity contribution is -0.385. The van der Waals surface area contributed by atoms with Crippen LogP contribution in [0.1, 0.15) is 17.2 Å². The first-order chi connectivity index (χ1) is 16.1. The quantitative estimate of drug-likeness (QED) is 0.323. The molecule has 0 amide bonds. The van der Waals surface area contributed by atoms with Crippen molar-refractivity contribution in [1.29, 1.82) is 0 Å². The Morgan fingerprint density at radius 2 is 1.49 bits per heavy atom. The van der Waals surface area contributed by atoms with Crippen molar-refractivity contribution < 1.29 is 30.9 Å². The van der Waals surface area contributed by atoms with Gasteiger partial charge < -0.3 is 4.90 Å². The van der Waals surface area contributed by atoms with Crippen LogP contribution >= 0.6 is 11.8 Å². The van der Waals surface area contributed by atoms with Crippen molar-refractivity contribution in [1.82, 2.24) is 9.80 Å². The number of nitro benzene ring substituents is 1. The summed E-state index contributed by atoms with van der Waals surface area (Å²) in [4.78, 5) is 18.2. The van der Waals surface area contributed by atoms with E-state index in [1.807, 2.05) is 6.07 Å². The van der Waals surface area contributed by atoms with Crippen LogP contribution < -0.4 is 0 Å². The summed E-state index contributed by atoms with van der Waals surface area (Å²) < 4.78 is 51.7. The van der Waals surface area contributed by atoms with Crippen molar-refractivity contribution in [3.63, 3.8) is 0 Å². The monoisotopic (exact) mass is 547 g/mol. The molecule has 35 heavy (non-hydrogen) atoms. The van der Waals surface area contributed by atoms with Gasteiger partial charge in [-0.3, -0.25) is 24.1 Å². The van der Waals surface area contributed by atoms with E-state index in [0.29, 0.717) is 12.5 Å². The van der Waals surface area contributed by atoms with Crippen LogP contribution in [0.15, 0.2) is 52.3 Å². The van der Waals surface area contributed by atoms with Crippen molar-refractivity contribution in [3.05, 3.63) is 63.7 Å². The molecule has 0 radical (unpaired) electrons. The minimum Gasteiger partial charge on any atom is -0.304 e. The molecular formula is C21H29N3O8S3. The molecule has 2 aromatic carbocycles. The summed E-state index contributed by atoms with van der Waals surface area (Å²) in [5.41, 5.74) is 2.61. The molecule has 2 N–H and O–H groups in total. The highest BCUT2D eigenvalue weighted by atomic mass is 32.2. The Bertz CT molecular complexity index is 1200. The molecule has 1 unspecified atom stereocenters. The van der Waals surface area contributed by atoms with Gasteiger partial charge in [-0.2, -0.15) is 16.8 Å². The van der Waals surface area contributed by atoms with Gasteiger partial charge in [0.05, 0.1) is 17.4 Å².